The lowest BCUT2D eigenvalue weighted by Gasteiger charge is -2.19. The first-order valence-corrected chi connectivity index (χ1v) is 9.92. The number of hydrogen-bond donors (Lipinski definition) is 1. The van der Waals surface area contributed by atoms with Gasteiger partial charge in [0.2, 0.25) is 11.6 Å². The van der Waals surface area contributed by atoms with E-state index in [0.717, 1.165) is 23.2 Å². The third-order valence-electron chi connectivity index (χ3n) is 5.28. The maximum absolute atomic E-state index is 11.9. The van der Waals surface area contributed by atoms with Crippen molar-refractivity contribution in [2.45, 2.75) is 12.8 Å². The van der Waals surface area contributed by atoms with Crippen LogP contribution in [0.5, 0.6) is 11.5 Å². The summed E-state index contributed by atoms with van der Waals surface area (Å²) in [6, 6.07) is 13.5. The summed E-state index contributed by atoms with van der Waals surface area (Å²) in [5, 5.41) is 15.0. The zero-order chi connectivity index (χ0) is 21.8. The number of nitrogens with zero attached hydrogens (tertiary/aromatic N) is 4. The minimum absolute atomic E-state index is 0.119. The Labute approximate surface area is 179 Å². The number of nitrogens with one attached hydrogen (secondary N) is 1. The lowest BCUT2D eigenvalue weighted by molar-refractivity contribution is -0.383. The highest BCUT2D eigenvalue weighted by atomic mass is 16.6. The first kappa shape index (κ1) is 20.4. The molecule has 0 radical (unpaired) electrons. The number of methoxy groups -OCH3 is 2. The van der Waals surface area contributed by atoms with Crippen LogP contribution in [0.25, 0.3) is 0 Å². The lowest BCUT2D eigenvalue weighted by Crippen LogP contribution is -2.18. The molecule has 0 saturated heterocycles. The second kappa shape index (κ2) is 8.86. The predicted octanol–water partition coefficient (Wildman–Crippen LogP) is 3.75. The number of rotatable bonds is 8. The maximum atomic E-state index is 11.9. The molecule has 1 aliphatic rings. The number of hydrogen-bond acceptors (Lipinski definition) is 8. The average molecular weight is 421 g/mol. The third kappa shape index (κ3) is 4.07. The number of nitro groups is 1. The summed E-state index contributed by atoms with van der Waals surface area (Å²) < 4.78 is 10.6. The van der Waals surface area contributed by atoms with Gasteiger partial charge in [-0.05, 0) is 42.2 Å². The van der Waals surface area contributed by atoms with Crippen LogP contribution in [0.15, 0.2) is 48.8 Å². The van der Waals surface area contributed by atoms with Gasteiger partial charge in [0.1, 0.15) is 6.33 Å². The Balaban J connectivity index is 1.55. The van der Waals surface area contributed by atoms with E-state index >= 15 is 0 Å². The van der Waals surface area contributed by atoms with Crippen LogP contribution in [0, 0.1) is 10.1 Å². The lowest BCUT2D eigenvalue weighted by atomic mass is 10.1. The fourth-order valence-corrected chi connectivity index (χ4v) is 3.78. The molecule has 0 amide bonds. The smallest absolute Gasteiger partial charge is 0.353 e. The van der Waals surface area contributed by atoms with Gasteiger partial charge in [0, 0.05) is 18.8 Å². The van der Waals surface area contributed by atoms with Crippen LogP contribution in [-0.4, -0.2) is 42.2 Å². The largest absolute Gasteiger partial charge is 0.493 e. The van der Waals surface area contributed by atoms with Gasteiger partial charge in [0.25, 0.3) is 0 Å². The van der Waals surface area contributed by atoms with Crippen molar-refractivity contribution in [1.29, 1.82) is 0 Å². The molecule has 2 heterocycles. The molecule has 9 nitrogen and oxygen atoms in total. The van der Waals surface area contributed by atoms with E-state index in [4.69, 9.17) is 9.47 Å². The van der Waals surface area contributed by atoms with Crippen molar-refractivity contribution in [1.82, 2.24) is 9.97 Å². The van der Waals surface area contributed by atoms with Crippen molar-refractivity contribution in [2.24, 2.45) is 0 Å². The van der Waals surface area contributed by atoms with Gasteiger partial charge in [-0.15, -0.1) is 0 Å². The zero-order valence-corrected chi connectivity index (χ0v) is 17.4. The molecule has 1 N–H and O–H groups in total. The summed E-state index contributed by atoms with van der Waals surface area (Å²) in [4.78, 5) is 21.8. The van der Waals surface area contributed by atoms with Crippen molar-refractivity contribution < 1.29 is 14.4 Å². The molecule has 4 rings (SSSR count). The molecule has 0 saturated carbocycles. The molecule has 31 heavy (non-hydrogen) atoms. The van der Waals surface area contributed by atoms with Crippen LogP contribution in [0.2, 0.25) is 0 Å². The summed E-state index contributed by atoms with van der Waals surface area (Å²) >= 11 is 0. The Morgan fingerprint density at radius 1 is 1.13 bits per heavy atom. The van der Waals surface area contributed by atoms with Gasteiger partial charge in [-0.2, -0.15) is 0 Å². The molecule has 1 aliphatic heterocycles. The quantitative estimate of drug-likeness (QED) is 0.433. The van der Waals surface area contributed by atoms with E-state index in [1.54, 1.807) is 14.2 Å². The number of fused-ring (bicyclic) bond motifs is 1. The van der Waals surface area contributed by atoms with Gasteiger partial charge >= 0.3 is 5.69 Å². The number of benzene rings is 2. The summed E-state index contributed by atoms with van der Waals surface area (Å²) in [6.45, 7) is 1.10. The number of anilines is 3. The topological polar surface area (TPSA) is 103 Å². The van der Waals surface area contributed by atoms with Crippen molar-refractivity contribution in [3.05, 3.63) is 70.0 Å². The monoisotopic (exact) mass is 421 g/mol. The van der Waals surface area contributed by atoms with Crippen LogP contribution in [0.1, 0.15) is 11.1 Å². The van der Waals surface area contributed by atoms with Gasteiger partial charge in [-0.1, -0.05) is 24.3 Å². The average Bonchev–Trinajstić information content (AvgIpc) is 3.22. The number of aromatic nitrogens is 2. The molecule has 0 spiro atoms. The fraction of sp³-hybridized carbons (Fsp3) is 0.273. The number of para-hydroxylation sites is 1. The summed E-state index contributed by atoms with van der Waals surface area (Å²) in [5.74, 6) is 1.81. The Morgan fingerprint density at radius 3 is 2.71 bits per heavy atom. The van der Waals surface area contributed by atoms with Crippen LogP contribution in [-0.2, 0) is 12.8 Å². The molecule has 2 aromatic carbocycles. The molecule has 160 valence electrons. The van der Waals surface area contributed by atoms with E-state index in [-0.39, 0.29) is 11.5 Å². The van der Waals surface area contributed by atoms with E-state index in [1.807, 2.05) is 47.4 Å². The molecule has 1 aromatic heterocycles. The number of ether oxygens (including phenoxy) is 2. The molecular weight excluding hydrogens is 398 g/mol. The summed E-state index contributed by atoms with van der Waals surface area (Å²) in [5.41, 5.74) is 2.99. The van der Waals surface area contributed by atoms with Crippen molar-refractivity contribution in [3.8, 4) is 11.5 Å². The van der Waals surface area contributed by atoms with Crippen LogP contribution in [0.3, 0.4) is 0 Å². The van der Waals surface area contributed by atoms with Gasteiger partial charge in [0.15, 0.2) is 11.5 Å². The summed E-state index contributed by atoms with van der Waals surface area (Å²) in [7, 11) is 3.17. The van der Waals surface area contributed by atoms with E-state index < -0.39 is 4.92 Å². The minimum atomic E-state index is -0.422. The van der Waals surface area contributed by atoms with E-state index in [9.17, 15) is 10.1 Å². The third-order valence-corrected chi connectivity index (χ3v) is 5.28. The van der Waals surface area contributed by atoms with Gasteiger partial charge in [0.05, 0.1) is 19.1 Å². The van der Waals surface area contributed by atoms with Crippen LogP contribution >= 0.6 is 0 Å². The summed E-state index contributed by atoms with van der Waals surface area (Å²) in [6.07, 6.45) is 2.81. The Hall–Kier alpha value is -3.88. The standard InChI is InChI=1S/C22H23N5O4/c1-30-18-8-7-15(13-19(18)31-2)9-11-23-21-20(27(28)29)22(25-14-24-21)26-12-10-16-5-3-4-6-17(16)26/h3-8,13-14H,9-12H2,1-2H3,(H,23,24,25). The molecule has 0 bridgehead atoms. The maximum Gasteiger partial charge on any atom is 0.353 e. The second-order valence-electron chi connectivity index (χ2n) is 7.05. The van der Waals surface area contributed by atoms with Gasteiger partial charge < -0.3 is 19.7 Å². The van der Waals surface area contributed by atoms with Crippen molar-refractivity contribution in [2.75, 3.05) is 37.5 Å². The van der Waals surface area contributed by atoms with E-state index in [0.29, 0.717) is 36.8 Å². The Morgan fingerprint density at radius 2 is 1.94 bits per heavy atom. The minimum Gasteiger partial charge on any atom is -0.493 e. The molecule has 0 fully saturated rings. The fourth-order valence-electron chi connectivity index (χ4n) is 3.78. The molecular formula is C22H23N5O4. The second-order valence-corrected chi connectivity index (χ2v) is 7.05. The molecule has 0 aliphatic carbocycles. The van der Waals surface area contributed by atoms with E-state index in [1.165, 1.54) is 6.33 Å². The molecule has 9 heteroatoms. The molecule has 0 atom stereocenters. The highest BCUT2D eigenvalue weighted by molar-refractivity contribution is 5.78. The van der Waals surface area contributed by atoms with Gasteiger partial charge in [-0.3, -0.25) is 10.1 Å². The zero-order valence-electron chi connectivity index (χ0n) is 17.4. The Kier molecular flexibility index (Phi) is 5.83. The first-order valence-electron chi connectivity index (χ1n) is 9.92. The van der Waals surface area contributed by atoms with Crippen LogP contribution in [0.4, 0.5) is 23.0 Å². The SMILES string of the molecule is COc1ccc(CCNc2ncnc(N3CCc4ccccc43)c2[N+](=O)[O-])cc1OC. The van der Waals surface area contributed by atoms with Crippen LogP contribution < -0.4 is 19.7 Å². The van der Waals surface area contributed by atoms with Crippen molar-refractivity contribution >= 4 is 23.0 Å². The highest BCUT2D eigenvalue weighted by Crippen LogP contribution is 2.40. The van der Waals surface area contributed by atoms with E-state index in [2.05, 4.69) is 15.3 Å². The van der Waals surface area contributed by atoms with Crippen molar-refractivity contribution in [3.63, 3.8) is 0 Å². The highest BCUT2D eigenvalue weighted by Gasteiger charge is 2.31. The predicted molar refractivity (Wildman–Crippen MR) is 118 cm³/mol. The van der Waals surface area contributed by atoms with Gasteiger partial charge in [-0.25, -0.2) is 9.97 Å². The Bertz CT molecular complexity index is 1110. The normalized spacial score (nSPS) is 12.4. The molecule has 3 aromatic rings. The molecule has 0 unspecified atom stereocenters. The first-order chi connectivity index (χ1) is 15.1.